The first-order valence-electron chi connectivity index (χ1n) is 6.64. The highest BCUT2D eigenvalue weighted by Gasteiger charge is 2.29. The van der Waals surface area contributed by atoms with Crippen LogP contribution in [0.3, 0.4) is 0 Å². The summed E-state index contributed by atoms with van der Waals surface area (Å²) in [7, 11) is 0. The van der Waals surface area contributed by atoms with E-state index >= 15 is 0 Å². The summed E-state index contributed by atoms with van der Waals surface area (Å²) in [5.74, 6) is -0.565. The summed E-state index contributed by atoms with van der Waals surface area (Å²) in [6.45, 7) is 3.57. The van der Waals surface area contributed by atoms with Crippen molar-refractivity contribution in [1.82, 2.24) is 4.90 Å². The van der Waals surface area contributed by atoms with Gasteiger partial charge in [0.1, 0.15) is 0 Å². The van der Waals surface area contributed by atoms with E-state index in [-0.39, 0.29) is 5.91 Å². The molecule has 19 heavy (non-hydrogen) atoms. The Morgan fingerprint density at radius 2 is 1.89 bits per heavy atom. The number of likely N-dealkylation sites (N-methyl/N-ethyl adjacent to an activating group) is 1. The fourth-order valence-electron chi connectivity index (χ4n) is 2.41. The Morgan fingerprint density at radius 1 is 1.32 bits per heavy atom. The molecule has 1 fully saturated rings. The van der Waals surface area contributed by atoms with E-state index in [0.717, 1.165) is 0 Å². The fraction of sp³-hybridized carbons (Fsp3) is 0.467. The lowest BCUT2D eigenvalue weighted by atomic mass is 10.0. The van der Waals surface area contributed by atoms with Gasteiger partial charge in [0.2, 0.25) is 5.91 Å². The van der Waals surface area contributed by atoms with Crippen molar-refractivity contribution in [2.75, 3.05) is 6.54 Å². The second kappa shape index (κ2) is 5.43. The van der Waals surface area contributed by atoms with E-state index in [4.69, 9.17) is 0 Å². The number of aliphatic carboxylic acids is 1. The average Bonchev–Trinajstić information content (AvgIpc) is 3.19. The largest absolute Gasteiger partial charge is 0.479 e. The summed E-state index contributed by atoms with van der Waals surface area (Å²) >= 11 is 0. The van der Waals surface area contributed by atoms with Gasteiger partial charge in [-0.25, -0.2) is 4.79 Å². The third kappa shape index (κ3) is 2.95. The highest BCUT2D eigenvalue weighted by Crippen LogP contribution is 2.40. The second-order valence-electron chi connectivity index (χ2n) is 4.99. The third-order valence-electron chi connectivity index (χ3n) is 3.59. The van der Waals surface area contributed by atoms with Gasteiger partial charge in [-0.05, 0) is 36.8 Å². The molecule has 0 spiro atoms. The van der Waals surface area contributed by atoms with Crippen molar-refractivity contribution in [2.45, 2.75) is 38.6 Å². The number of carboxylic acids is 1. The maximum Gasteiger partial charge on any atom is 0.331 e. The number of benzene rings is 1. The standard InChI is InChI=1S/C15H19NO3/c1-3-16(10(2)17)14(15(18)19)13-8-6-12(7-9-13)11-4-5-11/h6-9,11,14H,3-5H2,1-2H3,(H,18,19). The zero-order valence-electron chi connectivity index (χ0n) is 11.3. The summed E-state index contributed by atoms with van der Waals surface area (Å²) in [5.41, 5.74) is 1.92. The molecule has 0 bridgehead atoms. The van der Waals surface area contributed by atoms with Crippen LogP contribution >= 0.6 is 0 Å². The Bertz CT molecular complexity index is 477. The first kappa shape index (κ1) is 13.6. The van der Waals surface area contributed by atoms with Crippen LogP contribution in [0.1, 0.15) is 49.8 Å². The van der Waals surface area contributed by atoms with Crippen LogP contribution in [-0.2, 0) is 9.59 Å². The Kier molecular flexibility index (Phi) is 3.88. The van der Waals surface area contributed by atoms with Crippen LogP contribution in [0.2, 0.25) is 0 Å². The molecule has 0 saturated heterocycles. The minimum absolute atomic E-state index is 0.221. The van der Waals surface area contributed by atoms with Crippen molar-refractivity contribution < 1.29 is 14.7 Å². The predicted molar refractivity (Wildman–Crippen MR) is 71.9 cm³/mol. The SMILES string of the molecule is CCN(C(C)=O)C(C(=O)O)c1ccc(C2CC2)cc1. The number of hydrogen-bond donors (Lipinski definition) is 1. The Balaban J connectivity index is 2.27. The van der Waals surface area contributed by atoms with Gasteiger partial charge in [0, 0.05) is 13.5 Å². The van der Waals surface area contributed by atoms with E-state index in [1.807, 2.05) is 24.3 Å². The van der Waals surface area contributed by atoms with Gasteiger partial charge in [-0.3, -0.25) is 4.79 Å². The van der Waals surface area contributed by atoms with Gasteiger partial charge in [-0.2, -0.15) is 0 Å². The van der Waals surface area contributed by atoms with Crippen molar-refractivity contribution in [2.24, 2.45) is 0 Å². The molecular formula is C15H19NO3. The zero-order chi connectivity index (χ0) is 14.0. The summed E-state index contributed by atoms with van der Waals surface area (Å²) < 4.78 is 0. The summed E-state index contributed by atoms with van der Waals surface area (Å²) in [5, 5.41) is 9.37. The lowest BCUT2D eigenvalue weighted by Crippen LogP contribution is -2.37. The molecule has 1 unspecified atom stereocenters. The van der Waals surface area contributed by atoms with Crippen molar-refractivity contribution in [1.29, 1.82) is 0 Å². The minimum Gasteiger partial charge on any atom is -0.479 e. The van der Waals surface area contributed by atoms with Crippen LogP contribution in [0.5, 0.6) is 0 Å². The molecule has 0 radical (unpaired) electrons. The van der Waals surface area contributed by atoms with Crippen LogP contribution in [-0.4, -0.2) is 28.4 Å². The lowest BCUT2D eigenvalue weighted by Gasteiger charge is -2.27. The van der Waals surface area contributed by atoms with Crippen molar-refractivity contribution in [3.05, 3.63) is 35.4 Å². The minimum atomic E-state index is -0.990. The summed E-state index contributed by atoms with van der Waals surface area (Å²) in [4.78, 5) is 24.4. The normalized spacial score (nSPS) is 15.9. The first-order valence-corrected chi connectivity index (χ1v) is 6.64. The Hall–Kier alpha value is -1.84. The topological polar surface area (TPSA) is 57.6 Å². The van der Waals surface area contributed by atoms with Crippen LogP contribution in [0.25, 0.3) is 0 Å². The number of rotatable bonds is 5. The third-order valence-corrected chi connectivity index (χ3v) is 3.59. The molecule has 2 rings (SSSR count). The van der Waals surface area contributed by atoms with E-state index in [2.05, 4.69) is 0 Å². The fourth-order valence-corrected chi connectivity index (χ4v) is 2.41. The van der Waals surface area contributed by atoms with Crippen molar-refractivity contribution >= 4 is 11.9 Å². The quantitative estimate of drug-likeness (QED) is 0.886. The highest BCUT2D eigenvalue weighted by atomic mass is 16.4. The smallest absolute Gasteiger partial charge is 0.331 e. The van der Waals surface area contributed by atoms with Crippen LogP contribution in [0.15, 0.2) is 24.3 Å². The monoisotopic (exact) mass is 261 g/mol. The Morgan fingerprint density at radius 3 is 2.26 bits per heavy atom. The van der Waals surface area contributed by atoms with Gasteiger partial charge in [-0.15, -0.1) is 0 Å². The maximum atomic E-state index is 11.5. The van der Waals surface area contributed by atoms with Gasteiger partial charge < -0.3 is 10.0 Å². The maximum absolute atomic E-state index is 11.5. The van der Waals surface area contributed by atoms with E-state index in [0.29, 0.717) is 18.0 Å². The molecule has 1 saturated carbocycles. The molecule has 1 aromatic rings. The molecule has 1 aromatic carbocycles. The van der Waals surface area contributed by atoms with Gasteiger partial charge in [0.05, 0.1) is 0 Å². The number of carbonyl (C=O) groups excluding carboxylic acids is 1. The van der Waals surface area contributed by atoms with Crippen molar-refractivity contribution in [3.63, 3.8) is 0 Å². The summed E-state index contributed by atoms with van der Waals surface area (Å²) in [6, 6.07) is 6.74. The number of nitrogens with zero attached hydrogens (tertiary/aromatic N) is 1. The second-order valence-corrected chi connectivity index (χ2v) is 4.99. The van der Waals surface area contributed by atoms with E-state index in [1.165, 1.54) is 30.2 Å². The van der Waals surface area contributed by atoms with E-state index < -0.39 is 12.0 Å². The van der Waals surface area contributed by atoms with Gasteiger partial charge >= 0.3 is 5.97 Å². The van der Waals surface area contributed by atoms with Crippen LogP contribution in [0, 0.1) is 0 Å². The van der Waals surface area contributed by atoms with Crippen LogP contribution < -0.4 is 0 Å². The number of carboxylic acid groups (broad SMARTS) is 1. The van der Waals surface area contributed by atoms with Crippen molar-refractivity contribution in [3.8, 4) is 0 Å². The highest BCUT2D eigenvalue weighted by molar-refractivity contribution is 5.83. The Labute approximate surface area is 113 Å². The van der Waals surface area contributed by atoms with Gasteiger partial charge in [0.15, 0.2) is 6.04 Å². The number of hydrogen-bond acceptors (Lipinski definition) is 2. The molecule has 0 aliphatic heterocycles. The number of carbonyl (C=O) groups is 2. The molecule has 1 amide bonds. The molecule has 0 aromatic heterocycles. The molecular weight excluding hydrogens is 242 g/mol. The molecule has 102 valence electrons. The van der Waals surface area contributed by atoms with E-state index in [9.17, 15) is 14.7 Å². The van der Waals surface area contributed by atoms with E-state index in [1.54, 1.807) is 6.92 Å². The lowest BCUT2D eigenvalue weighted by molar-refractivity contribution is -0.149. The molecule has 4 heteroatoms. The molecule has 1 aliphatic rings. The molecule has 0 heterocycles. The molecule has 1 atom stereocenters. The van der Waals surface area contributed by atoms with Gasteiger partial charge in [-0.1, -0.05) is 24.3 Å². The number of amides is 1. The summed E-state index contributed by atoms with van der Waals surface area (Å²) in [6.07, 6.45) is 2.44. The first-order chi connectivity index (χ1) is 9.04. The zero-order valence-corrected chi connectivity index (χ0v) is 11.3. The molecule has 4 nitrogen and oxygen atoms in total. The molecule has 1 aliphatic carbocycles. The van der Waals surface area contributed by atoms with Gasteiger partial charge in [0.25, 0.3) is 0 Å². The average molecular weight is 261 g/mol. The predicted octanol–water partition coefficient (Wildman–Crippen LogP) is 2.56. The molecule has 1 N–H and O–H groups in total. The van der Waals surface area contributed by atoms with Crippen LogP contribution in [0.4, 0.5) is 0 Å².